The average molecular weight is 415 g/mol. The van der Waals surface area contributed by atoms with Gasteiger partial charge >= 0.3 is 0 Å². The quantitative estimate of drug-likeness (QED) is 0.397. The Labute approximate surface area is 175 Å². The molecule has 1 saturated heterocycles. The van der Waals surface area contributed by atoms with Crippen molar-refractivity contribution >= 4 is 5.69 Å². The summed E-state index contributed by atoms with van der Waals surface area (Å²) in [5, 5.41) is 50.3. The molecular weight excluding hydrogens is 386 g/mol. The molecule has 2 aromatic rings. The molecule has 0 spiro atoms. The maximum absolute atomic E-state index is 10.5. The minimum Gasteiger partial charge on any atom is -0.398 e. The largest absolute Gasteiger partial charge is 0.398 e. The molecule has 7 nitrogen and oxygen atoms in total. The minimum absolute atomic E-state index is 0.470. The van der Waals surface area contributed by atoms with Gasteiger partial charge in [0.25, 0.3) is 0 Å². The molecule has 5 atom stereocenters. The van der Waals surface area contributed by atoms with Gasteiger partial charge in [-0.3, -0.25) is 0 Å². The number of aliphatic hydroxyl groups is 5. The van der Waals surface area contributed by atoms with Crippen LogP contribution in [0.2, 0.25) is 0 Å². The summed E-state index contributed by atoms with van der Waals surface area (Å²) in [6.07, 6.45) is -2.82. The van der Waals surface area contributed by atoms with Crippen LogP contribution >= 0.6 is 0 Å². The standard InChI is InChI=1S/C23H29NO6/c24-17-7-4-14(22-21(28)20(27)19(26)18(12-25)30-22)11-15(17)10-13-2-5-16(6-3-13)23(29)8-1-9-23/h2-7,11,18-22,25-29H,1,8-10,12,24H2/t18-,19-,20+,21-,22+/m1/s1. The lowest BCUT2D eigenvalue weighted by Gasteiger charge is -2.40. The zero-order chi connectivity index (χ0) is 21.5. The maximum Gasteiger partial charge on any atom is 0.113 e. The van der Waals surface area contributed by atoms with E-state index in [1.165, 1.54) is 0 Å². The van der Waals surface area contributed by atoms with Crippen molar-refractivity contribution in [2.45, 2.75) is 61.8 Å². The lowest BCUT2D eigenvalue weighted by Crippen LogP contribution is -2.55. The second kappa shape index (κ2) is 8.26. The summed E-state index contributed by atoms with van der Waals surface area (Å²) in [5.41, 5.74) is 9.45. The number of rotatable bonds is 5. The van der Waals surface area contributed by atoms with Crippen molar-refractivity contribution < 1.29 is 30.3 Å². The van der Waals surface area contributed by atoms with Gasteiger partial charge in [0.05, 0.1) is 12.2 Å². The fourth-order valence-electron chi connectivity index (χ4n) is 4.29. The summed E-state index contributed by atoms with van der Waals surface area (Å²) in [6, 6.07) is 13.1. The van der Waals surface area contributed by atoms with Crippen LogP contribution in [0.1, 0.15) is 47.6 Å². The van der Waals surface area contributed by atoms with Crippen molar-refractivity contribution in [3.8, 4) is 0 Å². The van der Waals surface area contributed by atoms with Crippen LogP contribution in [-0.2, 0) is 16.8 Å². The van der Waals surface area contributed by atoms with E-state index in [9.17, 15) is 25.5 Å². The molecule has 4 rings (SSSR count). The molecule has 30 heavy (non-hydrogen) atoms. The Balaban J connectivity index is 1.55. The van der Waals surface area contributed by atoms with E-state index in [0.29, 0.717) is 17.7 Å². The number of aliphatic hydroxyl groups excluding tert-OH is 4. The number of hydrogen-bond acceptors (Lipinski definition) is 7. The summed E-state index contributed by atoms with van der Waals surface area (Å²) in [5.74, 6) is 0. The second-order valence-corrected chi connectivity index (χ2v) is 8.47. The number of hydrogen-bond donors (Lipinski definition) is 6. The molecule has 0 aromatic heterocycles. The Morgan fingerprint density at radius 1 is 0.967 bits per heavy atom. The van der Waals surface area contributed by atoms with Gasteiger partial charge in [-0.05, 0) is 54.0 Å². The van der Waals surface area contributed by atoms with Gasteiger partial charge in [0.2, 0.25) is 0 Å². The van der Waals surface area contributed by atoms with Crippen LogP contribution in [0.4, 0.5) is 5.69 Å². The highest BCUT2D eigenvalue weighted by molar-refractivity contribution is 5.51. The Hall–Kier alpha value is -2.00. The fraction of sp³-hybridized carbons (Fsp3) is 0.478. The summed E-state index contributed by atoms with van der Waals surface area (Å²) in [4.78, 5) is 0. The molecule has 1 aliphatic heterocycles. The van der Waals surface area contributed by atoms with Gasteiger partial charge < -0.3 is 36.0 Å². The third-order valence-electron chi connectivity index (χ3n) is 6.45. The van der Waals surface area contributed by atoms with Gasteiger partial charge in [-0.25, -0.2) is 0 Å². The number of nitrogen functional groups attached to an aromatic ring is 1. The Morgan fingerprint density at radius 3 is 2.27 bits per heavy atom. The van der Waals surface area contributed by atoms with E-state index in [4.69, 9.17) is 10.5 Å². The van der Waals surface area contributed by atoms with E-state index >= 15 is 0 Å². The molecule has 2 fully saturated rings. The average Bonchev–Trinajstić information content (AvgIpc) is 2.73. The Kier molecular flexibility index (Phi) is 5.85. The first-order valence-corrected chi connectivity index (χ1v) is 10.3. The zero-order valence-corrected chi connectivity index (χ0v) is 16.7. The van der Waals surface area contributed by atoms with Gasteiger partial charge in [-0.15, -0.1) is 0 Å². The maximum atomic E-state index is 10.5. The van der Waals surface area contributed by atoms with E-state index in [1.807, 2.05) is 30.3 Å². The van der Waals surface area contributed by atoms with Crippen molar-refractivity contribution in [3.63, 3.8) is 0 Å². The normalized spacial score (nSPS) is 30.6. The molecule has 1 saturated carbocycles. The van der Waals surface area contributed by atoms with E-state index in [1.54, 1.807) is 12.1 Å². The smallest absolute Gasteiger partial charge is 0.113 e. The van der Waals surface area contributed by atoms with Crippen LogP contribution in [0.3, 0.4) is 0 Å². The van der Waals surface area contributed by atoms with Crippen LogP contribution in [0.5, 0.6) is 0 Å². The van der Waals surface area contributed by atoms with Gasteiger partial charge in [0.15, 0.2) is 0 Å². The van der Waals surface area contributed by atoms with Gasteiger partial charge in [0, 0.05) is 5.69 Å². The fourth-order valence-corrected chi connectivity index (χ4v) is 4.29. The van der Waals surface area contributed by atoms with Crippen molar-refractivity contribution in [2.75, 3.05) is 12.3 Å². The number of nitrogens with two attached hydrogens (primary N) is 1. The van der Waals surface area contributed by atoms with Gasteiger partial charge in [-0.2, -0.15) is 0 Å². The lowest BCUT2D eigenvalue weighted by molar-refractivity contribution is -0.231. The van der Waals surface area contributed by atoms with E-state index < -0.39 is 42.7 Å². The van der Waals surface area contributed by atoms with Gasteiger partial charge in [0.1, 0.15) is 30.5 Å². The highest BCUT2D eigenvalue weighted by atomic mass is 16.5. The predicted molar refractivity (Wildman–Crippen MR) is 111 cm³/mol. The second-order valence-electron chi connectivity index (χ2n) is 8.47. The molecule has 0 unspecified atom stereocenters. The number of benzene rings is 2. The molecule has 0 radical (unpaired) electrons. The van der Waals surface area contributed by atoms with Crippen molar-refractivity contribution in [1.82, 2.24) is 0 Å². The Bertz CT molecular complexity index is 880. The first-order valence-electron chi connectivity index (χ1n) is 10.3. The first-order chi connectivity index (χ1) is 14.3. The molecule has 0 bridgehead atoms. The highest BCUT2D eigenvalue weighted by Crippen LogP contribution is 2.41. The van der Waals surface area contributed by atoms with Crippen LogP contribution in [0, 0.1) is 0 Å². The molecule has 7 heteroatoms. The van der Waals surface area contributed by atoms with Crippen LogP contribution in [0.15, 0.2) is 42.5 Å². The summed E-state index contributed by atoms with van der Waals surface area (Å²) < 4.78 is 5.66. The van der Waals surface area contributed by atoms with E-state index in [2.05, 4.69) is 0 Å². The van der Waals surface area contributed by atoms with E-state index in [0.717, 1.165) is 36.0 Å². The third kappa shape index (κ3) is 3.85. The van der Waals surface area contributed by atoms with Crippen molar-refractivity contribution in [1.29, 1.82) is 0 Å². The summed E-state index contributed by atoms with van der Waals surface area (Å²) >= 11 is 0. The first kappa shape index (κ1) is 21.2. The molecule has 2 aromatic carbocycles. The molecule has 7 N–H and O–H groups in total. The summed E-state index contributed by atoms with van der Waals surface area (Å²) in [6.45, 7) is -0.470. The third-order valence-corrected chi connectivity index (χ3v) is 6.45. The molecule has 1 heterocycles. The van der Waals surface area contributed by atoms with Gasteiger partial charge in [-0.1, -0.05) is 36.4 Å². The highest BCUT2D eigenvalue weighted by Gasteiger charge is 2.44. The van der Waals surface area contributed by atoms with Crippen LogP contribution in [0.25, 0.3) is 0 Å². The minimum atomic E-state index is -1.42. The van der Waals surface area contributed by atoms with E-state index in [-0.39, 0.29) is 0 Å². The monoisotopic (exact) mass is 415 g/mol. The topological polar surface area (TPSA) is 136 Å². The molecule has 162 valence electrons. The Morgan fingerprint density at radius 2 is 1.67 bits per heavy atom. The summed E-state index contributed by atoms with van der Waals surface area (Å²) in [7, 11) is 0. The molecule has 1 aliphatic carbocycles. The molecular formula is C23H29NO6. The SMILES string of the molecule is Nc1ccc([C@@H]2O[C@H](CO)[C@@H](O)[C@H](O)[C@H]2O)cc1Cc1ccc(C2(O)CCC2)cc1. The van der Waals surface area contributed by atoms with Crippen LogP contribution in [-0.4, -0.2) is 56.6 Å². The van der Waals surface area contributed by atoms with Crippen molar-refractivity contribution in [3.05, 3.63) is 64.7 Å². The molecule has 2 aliphatic rings. The zero-order valence-electron chi connectivity index (χ0n) is 16.7. The lowest BCUT2D eigenvalue weighted by atomic mass is 9.75. The predicted octanol–water partition coefficient (Wildman–Crippen LogP) is 0.746. The number of ether oxygens (including phenoxy) is 1. The number of anilines is 1. The molecule has 0 amide bonds. The van der Waals surface area contributed by atoms with Crippen LogP contribution < -0.4 is 5.73 Å². The van der Waals surface area contributed by atoms with Crippen molar-refractivity contribution in [2.24, 2.45) is 0 Å².